The summed E-state index contributed by atoms with van der Waals surface area (Å²) in [6, 6.07) is 0. The number of aliphatic carboxylic acids is 1. The Hall–Kier alpha value is -0.610. The molecule has 0 radical (unpaired) electrons. The third kappa shape index (κ3) is 6.86. The molecule has 0 aliphatic carbocycles. The molecule has 2 atom stereocenters. The Kier molecular flexibility index (Phi) is 6.49. The molecule has 3 N–H and O–H groups in total. The highest BCUT2D eigenvalue weighted by Gasteiger charge is 2.18. The van der Waals surface area contributed by atoms with Crippen molar-refractivity contribution >= 4 is 5.97 Å². The summed E-state index contributed by atoms with van der Waals surface area (Å²) in [5.74, 6) is -0.515. The van der Waals surface area contributed by atoms with Crippen LogP contribution in [0.2, 0.25) is 0 Å². The number of rotatable bonds is 7. The lowest BCUT2D eigenvalue weighted by Gasteiger charge is -2.16. The molecular weight excluding hydrogens is 184 g/mol. The van der Waals surface area contributed by atoms with Gasteiger partial charge in [0.2, 0.25) is 0 Å². The summed E-state index contributed by atoms with van der Waals surface area (Å²) in [5, 5.41) is 27.0. The second-order valence-electron chi connectivity index (χ2n) is 4.06. The number of carboxylic acids is 1. The van der Waals surface area contributed by atoms with E-state index < -0.39 is 18.2 Å². The van der Waals surface area contributed by atoms with Gasteiger partial charge in [-0.05, 0) is 12.3 Å². The Balaban J connectivity index is 3.61. The minimum absolute atomic E-state index is 0.386. The Morgan fingerprint density at radius 1 is 1.14 bits per heavy atom. The average Bonchev–Trinajstić information content (AvgIpc) is 2.01. The molecule has 0 aromatic heterocycles. The van der Waals surface area contributed by atoms with Gasteiger partial charge in [-0.3, -0.25) is 4.79 Å². The van der Waals surface area contributed by atoms with E-state index in [1.807, 2.05) is 0 Å². The van der Waals surface area contributed by atoms with Gasteiger partial charge >= 0.3 is 5.97 Å². The van der Waals surface area contributed by atoms with Crippen LogP contribution in [-0.2, 0) is 4.79 Å². The zero-order chi connectivity index (χ0) is 11.1. The normalized spacial score (nSPS) is 15.5. The molecule has 0 rings (SSSR count). The molecule has 0 aliphatic rings. The number of carboxylic acid groups (broad SMARTS) is 1. The van der Waals surface area contributed by atoms with Crippen molar-refractivity contribution in [3.8, 4) is 0 Å². The van der Waals surface area contributed by atoms with E-state index in [0.29, 0.717) is 12.3 Å². The summed E-state index contributed by atoms with van der Waals surface area (Å²) >= 11 is 0. The van der Waals surface area contributed by atoms with Crippen molar-refractivity contribution in [1.82, 2.24) is 0 Å². The maximum atomic E-state index is 10.2. The second kappa shape index (κ2) is 6.79. The van der Waals surface area contributed by atoms with Gasteiger partial charge in [0.1, 0.15) is 0 Å². The molecule has 0 saturated carbocycles. The fraction of sp³-hybridized carbons (Fsp3) is 0.900. The number of carbonyl (C=O) groups is 1. The molecule has 0 saturated heterocycles. The van der Waals surface area contributed by atoms with E-state index in [9.17, 15) is 15.0 Å². The summed E-state index contributed by atoms with van der Waals surface area (Å²) < 4.78 is 0. The van der Waals surface area contributed by atoms with Gasteiger partial charge in [0.15, 0.2) is 0 Å². The predicted molar refractivity (Wildman–Crippen MR) is 53.0 cm³/mol. The highest BCUT2D eigenvalue weighted by Crippen LogP contribution is 2.11. The van der Waals surface area contributed by atoms with Gasteiger partial charge in [0, 0.05) is 0 Å². The van der Waals surface area contributed by atoms with E-state index in [-0.39, 0.29) is 6.42 Å². The molecule has 2 unspecified atom stereocenters. The first-order valence-corrected chi connectivity index (χ1v) is 5.01. The molecule has 4 nitrogen and oxygen atoms in total. The largest absolute Gasteiger partial charge is 0.481 e. The molecule has 0 aromatic rings. The lowest BCUT2D eigenvalue weighted by molar-refractivity contribution is -0.141. The zero-order valence-corrected chi connectivity index (χ0v) is 8.81. The number of aliphatic hydroxyl groups excluding tert-OH is 2. The van der Waals surface area contributed by atoms with E-state index >= 15 is 0 Å². The summed E-state index contributed by atoms with van der Waals surface area (Å²) in [6.07, 6.45) is -0.175. The fourth-order valence-corrected chi connectivity index (χ4v) is 1.24. The quantitative estimate of drug-likeness (QED) is 0.578. The molecule has 4 heteroatoms. The van der Waals surface area contributed by atoms with Crippen LogP contribution in [0.15, 0.2) is 0 Å². The third-order valence-electron chi connectivity index (χ3n) is 2.11. The molecule has 84 valence electrons. The van der Waals surface area contributed by atoms with Gasteiger partial charge < -0.3 is 15.3 Å². The maximum absolute atomic E-state index is 10.2. The molecule has 0 aliphatic heterocycles. The van der Waals surface area contributed by atoms with Crippen LogP contribution in [0.25, 0.3) is 0 Å². The van der Waals surface area contributed by atoms with Crippen molar-refractivity contribution in [3.05, 3.63) is 0 Å². The van der Waals surface area contributed by atoms with Crippen molar-refractivity contribution in [3.63, 3.8) is 0 Å². The molecule has 0 heterocycles. The van der Waals surface area contributed by atoms with Gasteiger partial charge in [-0.15, -0.1) is 0 Å². The number of aliphatic hydroxyl groups is 2. The van der Waals surface area contributed by atoms with Crippen LogP contribution >= 0.6 is 0 Å². The zero-order valence-electron chi connectivity index (χ0n) is 8.81. The third-order valence-corrected chi connectivity index (χ3v) is 2.11. The van der Waals surface area contributed by atoms with E-state index in [1.165, 1.54) is 0 Å². The summed E-state index contributed by atoms with van der Waals surface area (Å²) in [5.41, 5.74) is 0. The minimum atomic E-state index is -1.14. The van der Waals surface area contributed by atoms with E-state index in [2.05, 4.69) is 13.8 Å². The van der Waals surface area contributed by atoms with Crippen LogP contribution < -0.4 is 0 Å². The molecule has 14 heavy (non-hydrogen) atoms. The molecular formula is C10H20O4. The first-order valence-electron chi connectivity index (χ1n) is 5.01. The van der Waals surface area contributed by atoms with Crippen LogP contribution in [0.5, 0.6) is 0 Å². The highest BCUT2D eigenvalue weighted by atomic mass is 16.4. The first kappa shape index (κ1) is 13.4. The van der Waals surface area contributed by atoms with Crippen molar-refractivity contribution in [2.24, 2.45) is 5.92 Å². The minimum Gasteiger partial charge on any atom is -0.481 e. The Bertz CT molecular complexity index is 168. The van der Waals surface area contributed by atoms with E-state index in [4.69, 9.17) is 5.11 Å². The van der Waals surface area contributed by atoms with Gasteiger partial charge in [-0.1, -0.05) is 26.7 Å². The number of hydrogen-bond acceptors (Lipinski definition) is 3. The standard InChI is InChI=1S/C10H20O4/c1-7(2)4-3-5-8(11)9(12)6-10(13)14/h7-9,11-12H,3-6H2,1-2H3,(H,13,14). The van der Waals surface area contributed by atoms with Crippen LogP contribution in [0.3, 0.4) is 0 Å². The predicted octanol–water partition coefficient (Wildman–Crippen LogP) is 1.01. The summed E-state index contributed by atoms with van der Waals surface area (Å²) in [4.78, 5) is 10.2. The Morgan fingerprint density at radius 3 is 2.14 bits per heavy atom. The van der Waals surface area contributed by atoms with Crippen LogP contribution in [0.1, 0.15) is 39.5 Å². The molecule has 0 spiro atoms. The van der Waals surface area contributed by atoms with Gasteiger partial charge in [-0.2, -0.15) is 0 Å². The first-order chi connectivity index (χ1) is 6.43. The Labute approximate surface area is 84.6 Å². The highest BCUT2D eigenvalue weighted by molar-refractivity contribution is 5.67. The fourth-order valence-electron chi connectivity index (χ4n) is 1.24. The lowest BCUT2D eigenvalue weighted by atomic mass is 10.0. The SMILES string of the molecule is CC(C)CCCC(O)C(O)CC(=O)O. The van der Waals surface area contributed by atoms with Gasteiger partial charge in [0.25, 0.3) is 0 Å². The monoisotopic (exact) mass is 204 g/mol. The van der Waals surface area contributed by atoms with Crippen LogP contribution in [0, 0.1) is 5.92 Å². The molecule has 0 aromatic carbocycles. The molecule has 0 bridgehead atoms. The van der Waals surface area contributed by atoms with Crippen molar-refractivity contribution in [2.75, 3.05) is 0 Å². The lowest BCUT2D eigenvalue weighted by Crippen LogP contribution is -2.28. The van der Waals surface area contributed by atoms with Gasteiger partial charge in [0.05, 0.1) is 18.6 Å². The molecule has 0 amide bonds. The second-order valence-corrected chi connectivity index (χ2v) is 4.06. The maximum Gasteiger partial charge on any atom is 0.306 e. The summed E-state index contributed by atoms with van der Waals surface area (Å²) in [7, 11) is 0. The topological polar surface area (TPSA) is 77.8 Å². The smallest absolute Gasteiger partial charge is 0.306 e. The Morgan fingerprint density at radius 2 is 1.71 bits per heavy atom. The van der Waals surface area contributed by atoms with Crippen LogP contribution in [-0.4, -0.2) is 33.5 Å². The number of hydrogen-bond donors (Lipinski definition) is 3. The van der Waals surface area contributed by atoms with Crippen molar-refractivity contribution < 1.29 is 20.1 Å². The average molecular weight is 204 g/mol. The van der Waals surface area contributed by atoms with E-state index in [1.54, 1.807) is 0 Å². The van der Waals surface area contributed by atoms with Crippen molar-refractivity contribution in [1.29, 1.82) is 0 Å². The van der Waals surface area contributed by atoms with Crippen LogP contribution in [0.4, 0.5) is 0 Å². The molecule has 0 fully saturated rings. The van der Waals surface area contributed by atoms with E-state index in [0.717, 1.165) is 12.8 Å². The van der Waals surface area contributed by atoms with Crippen molar-refractivity contribution in [2.45, 2.75) is 51.7 Å². The van der Waals surface area contributed by atoms with Gasteiger partial charge in [-0.25, -0.2) is 0 Å². The summed E-state index contributed by atoms with van der Waals surface area (Å²) in [6.45, 7) is 4.17.